The Balaban J connectivity index is 2.39. The van der Waals surface area contributed by atoms with Crippen molar-refractivity contribution < 1.29 is 9.59 Å². The molecule has 122 valence electrons. The fraction of sp³-hybridized carbons (Fsp3) is 0.529. The molecule has 1 aromatic rings. The molecule has 0 aromatic heterocycles. The number of thioether (sulfide) groups is 1. The van der Waals surface area contributed by atoms with Crippen LogP contribution in [0.2, 0.25) is 0 Å². The lowest BCUT2D eigenvalue weighted by atomic mass is 10.1. The summed E-state index contributed by atoms with van der Waals surface area (Å²) in [5.41, 5.74) is 4.08. The summed E-state index contributed by atoms with van der Waals surface area (Å²) in [6, 6.07) is 4.07. The Labute approximate surface area is 137 Å². The molecule has 0 radical (unpaired) electrons. The number of hydrogen-bond donors (Lipinski definition) is 2. The van der Waals surface area contributed by atoms with Gasteiger partial charge in [0.2, 0.25) is 11.8 Å². The maximum atomic E-state index is 11.9. The first-order valence-electron chi connectivity index (χ1n) is 7.66. The molecule has 5 heteroatoms. The smallest absolute Gasteiger partial charge is 0.243 e. The Hall–Kier alpha value is -1.49. The van der Waals surface area contributed by atoms with Crippen LogP contribution in [0.1, 0.15) is 36.5 Å². The van der Waals surface area contributed by atoms with E-state index < -0.39 is 0 Å². The van der Waals surface area contributed by atoms with Gasteiger partial charge in [0.15, 0.2) is 0 Å². The summed E-state index contributed by atoms with van der Waals surface area (Å²) in [6.07, 6.45) is 2.25. The van der Waals surface area contributed by atoms with Crippen LogP contribution < -0.4 is 10.6 Å². The summed E-state index contributed by atoms with van der Waals surface area (Å²) in [5, 5.41) is 5.54. The van der Waals surface area contributed by atoms with E-state index in [1.54, 1.807) is 11.8 Å². The molecule has 0 aliphatic heterocycles. The zero-order valence-electron chi connectivity index (χ0n) is 13.9. The van der Waals surface area contributed by atoms with Gasteiger partial charge in [-0.3, -0.25) is 9.59 Å². The number of carbonyl (C=O) groups excluding carboxylic acids is 2. The van der Waals surface area contributed by atoms with Crippen molar-refractivity contribution in [2.45, 2.75) is 40.5 Å². The third-order valence-electron chi connectivity index (χ3n) is 3.26. The zero-order valence-corrected chi connectivity index (χ0v) is 14.7. The van der Waals surface area contributed by atoms with Crippen LogP contribution in [-0.2, 0) is 9.59 Å². The quantitative estimate of drug-likeness (QED) is 0.723. The molecule has 2 amide bonds. The molecule has 1 aromatic carbocycles. The number of nitrogens with one attached hydrogen (secondary N) is 2. The number of benzene rings is 1. The van der Waals surface area contributed by atoms with Gasteiger partial charge in [-0.25, -0.2) is 0 Å². The Morgan fingerprint density at radius 1 is 1.09 bits per heavy atom. The molecule has 0 heterocycles. The largest absolute Gasteiger partial charge is 0.346 e. The van der Waals surface area contributed by atoms with Crippen molar-refractivity contribution in [3.8, 4) is 0 Å². The topological polar surface area (TPSA) is 58.2 Å². The maximum absolute atomic E-state index is 11.9. The Morgan fingerprint density at radius 3 is 2.32 bits per heavy atom. The number of unbranched alkanes of at least 4 members (excludes halogenated alkanes) is 1. The van der Waals surface area contributed by atoms with Crippen LogP contribution in [0.5, 0.6) is 0 Å². The van der Waals surface area contributed by atoms with E-state index in [1.165, 1.54) is 5.56 Å². The molecule has 0 aliphatic carbocycles. The van der Waals surface area contributed by atoms with Crippen LogP contribution in [0.4, 0.5) is 5.69 Å². The summed E-state index contributed by atoms with van der Waals surface area (Å²) in [5.74, 6) is 1.11. The van der Waals surface area contributed by atoms with E-state index in [0.717, 1.165) is 35.4 Å². The van der Waals surface area contributed by atoms with Gasteiger partial charge in [0.1, 0.15) is 0 Å². The van der Waals surface area contributed by atoms with Crippen LogP contribution in [0, 0.1) is 20.8 Å². The summed E-state index contributed by atoms with van der Waals surface area (Å²) in [6.45, 7) is 8.11. The number of carbonyl (C=O) groups is 2. The Kier molecular flexibility index (Phi) is 8.02. The lowest BCUT2D eigenvalue weighted by molar-refractivity contribution is -0.122. The standard InChI is InChI=1S/C17H26N2O2S/c1-5-6-7-22-11-16(21)18-10-15(20)19-17-13(3)8-12(2)9-14(17)4/h8-9H,5-7,10-11H2,1-4H3,(H,18,21)(H,19,20). The number of hydrogen-bond acceptors (Lipinski definition) is 3. The van der Waals surface area contributed by atoms with Gasteiger partial charge in [0.25, 0.3) is 0 Å². The summed E-state index contributed by atoms with van der Waals surface area (Å²) in [4.78, 5) is 23.6. The Morgan fingerprint density at radius 2 is 1.73 bits per heavy atom. The molecule has 0 spiro atoms. The maximum Gasteiger partial charge on any atom is 0.243 e. The van der Waals surface area contributed by atoms with Crippen molar-refractivity contribution in [1.29, 1.82) is 0 Å². The molecule has 1 rings (SSSR count). The average Bonchev–Trinajstić information content (AvgIpc) is 2.45. The summed E-state index contributed by atoms with van der Waals surface area (Å²) in [7, 11) is 0. The first-order valence-corrected chi connectivity index (χ1v) is 8.81. The molecule has 0 fully saturated rings. The summed E-state index contributed by atoms with van der Waals surface area (Å²) >= 11 is 1.60. The minimum absolute atomic E-state index is 0.0138. The highest BCUT2D eigenvalue weighted by molar-refractivity contribution is 7.99. The second-order valence-corrected chi connectivity index (χ2v) is 6.61. The molecule has 4 nitrogen and oxygen atoms in total. The van der Waals surface area contributed by atoms with Gasteiger partial charge in [-0.05, 0) is 44.1 Å². The fourth-order valence-corrected chi connectivity index (χ4v) is 3.13. The SMILES string of the molecule is CCCCSCC(=O)NCC(=O)Nc1c(C)cc(C)cc1C. The first kappa shape index (κ1) is 18.6. The molecule has 0 saturated carbocycles. The molecule has 0 bridgehead atoms. The molecule has 22 heavy (non-hydrogen) atoms. The predicted molar refractivity (Wildman–Crippen MR) is 94.5 cm³/mol. The van der Waals surface area contributed by atoms with Crippen LogP contribution in [0.15, 0.2) is 12.1 Å². The van der Waals surface area contributed by atoms with Crippen molar-refractivity contribution in [2.75, 3.05) is 23.4 Å². The highest BCUT2D eigenvalue weighted by Gasteiger charge is 2.09. The molecule has 0 atom stereocenters. The Bertz CT molecular complexity index is 506. The molecule has 2 N–H and O–H groups in total. The lowest BCUT2D eigenvalue weighted by Gasteiger charge is -2.13. The van der Waals surface area contributed by atoms with Crippen molar-refractivity contribution in [3.05, 3.63) is 28.8 Å². The normalized spacial score (nSPS) is 10.4. The second-order valence-electron chi connectivity index (χ2n) is 5.50. The predicted octanol–water partition coefficient (Wildman–Crippen LogP) is 3.20. The number of rotatable bonds is 8. The van der Waals surface area contributed by atoms with E-state index in [1.807, 2.05) is 32.9 Å². The van der Waals surface area contributed by atoms with Gasteiger partial charge in [-0.15, -0.1) is 0 Å². The van der Waals surface area contributed by atoms with Crippen LogP contribution in [0.3, 0.4) is 0 Å². The number of anilines is 1. The van der Waals surface area contributed by atoms with Crippen molar-refractivity contribution in [2.24, 2.45) is 0 Å². The van der Waals surface area contributed by atoms with E-state index in [2.05, 4.69) is 17.6 Å². The first-order chi connectivity index (χ1) is 10.4. The van der Waals surface area contributed by atoms with Gasteiger partial charge in [-0.1, -0.05) is 31.0 Å². The molecule has 0 aliphatic rings. The van der Waals surface area contributed by atoms with Crippen molar-refractivity contribution in [1.82, 2.24) is 5.32 Å². The van der Waals surface area contributed by atoms with Gasteiger partial charge in [0, 0.05) is 5.69 Å². The van der Waals surface area contributed by atoms with E-state index in [0.29, 0.717) is 5.75 Å². The molecular formula is C17H26N2O2S. The summed E-state index contributed by atoms with van der Waals surface area (Å²) < 4.78 is 0. The van der Waals surface area contributed by atoms with E-state index in [4.69, 9.17) is 0 Å². The molecule has 0 saturated heterocycles. The van der Waals surface area contributed by atoms with Crippen molar-refractivity contribution >= 4 is 29.3 Å². The minimum atomic E-state index is -0.193. The third-order valence-corrected chi connectivity index (χ3v) is 4.31. The highest BCUT2D eigenvalue weighted by atomic mass is 32.2. The van der Waals surface area contributed by atoms with Gasteiger partial charge in [-0.2, -0.15) is 11.8 Å². The average molecular weight is 322 g/mol. The highest BCUT2D eigenvalue weighted by Crippen LogP contribution is 2.21. The second kappa shape index (κ2) is 9.51. The number of aryl methyl sites for hydroxylation is 3. The van der Waals surface area contributed by atoms with Crippen LogP contribution in [-0.4, -0.2) is 29.9 Å². The van der Waals surface area contributed by atoms with E-state index in [9.17, 15) is 9.59 Å². The monoisotopic (exact) mass is 322 g/mol. The fourth-order valence-electron chi connectivity index (χ4n) is 2.20. The lowest BCUT2D eigenvalue weighted by Crippen LogP contribution is -2.34. The minimum Gasteiger partial charge on any atom is -0.346 e. The van der Waals surface area contributed by atoms with Crippen LogP contribution in [0.25, 0.3) is 0 Å². The third kappa shape index (κ3) is 6.52. The van der Waals surface area contributed by atoms with Gasteiger partial charge >= 0.3 is 0 Å². The van der Waals surface area contributed by atoms with Gasteiger partial charge in [0.05, 0.1) is 12.3 Å². The van der Waals surface area contributed by atoms with E-state index >= 15 is 0 Å². The van der Waals surface area contributed by atoms with Crippen molar-refractivity contribution in [3.63, 3.8) is 0 Å². The number of amides is 2. The molecule has 0 unspecified atom stereocenters. The zero-order chi connectivity index (χ0) is 16.5. The van der Waals surface area contributed by atoms with E-state index in [-0.39, 0.29) is 18.4 Å². The van der Waals surface area contributed by atoms with Gasteiger partial charge < -0.3 is 10.6 Å². The van der Waals surface area contributed by atoms with Crippen LogP contribution >= 0.6 is 11.8 Å². The molecular weight excluding hydrogens is 296 g/mol.